The molecular weight excluding hydrogens is 664 g/mol. The Bertz CT molecular complexity index is 904. The normalized spacial score (nSPS) is 12.4. The first-order valence-corrected chi connectivity index (χ1v) is 21.4. The van der Waals surface area contributed by atoms with Crippen LogP contribution in [0.25, 0.3) is 0 Å². The van der Waals surface area contributed by atoms with Crippen LogP contribution in [0, 0.1) is 0 Å². The molecule has 0 aromatic rings. The van der Waals surface area contributed by atoms with E-state index >= 15 is 0 Å². The Balaban J connectivity index is 0. The maximum atomic E-state index is 12.3. The van der Waals surface area contributed by atoms with Gasteiger partial charge in [-0.25, -0.2) is 0 Å². The largest absolute Gasteiger partial charge is 0.466 e. The van der Waals surface area contributed by atoms with Crippen molar-refractivity contribution in [2.24, 2.45) is 0 Å². The quantitative estimate of drug-likeness (QED) is 0.0224. The van der Waals surface area contributed by atoms with E-state index in [1.165, 1.54) is 109 Å². The van der Waals surface area contributed by atoms with Crippen molar-refractivity contribution in [3.05, 3.63) is 24.3 Å². The molecule has 0 amide bonds. The minimum absolute atomic E-state index is 0. The van der Waals surface area contributed by atoms with Gasteiger partial charge in [0.1, 0.15) is 0 Å². The molecule has 1 N–H and O–H groups in total. The van der Waals surface area contributed by atoms with Crippen LogP contribution in [0.4, 0.5) is 0 Å². The van der Waals surface area contributed by atoms with Gasteiger partial charge < -0.3 is 9.47 Å². The Morgan fingerprint density at radius 2 is 0.816 bits per heavy atom. The molecule has 0 bridgehead atoms. The maximum absolute atomic E-state index is 12.3. The van der Waals surface area contributed by atoms with Crippen LogP contribution in [0.3, 0.4) is 0 Å². The van der Waals surface area contributed by atoms with Gasteiger partial charge in [0.25, 0.3) is 10.1 Å². The van der Waals surface area contributed by atoms with Crippen LogP contribution in [0.5, 0.6) is 0 Å². The Morgan fingerprint density at radius 1 is 0.510 bits per heavy atom. The third-order valence-electron chi connectivity index (χ3n) is 8.79. The molecule has 0 spiro atoms. The van der Waals surface area contributed by atoms with E-state index in [4.69, 9.17) is 9.47 Å². The number of hydrogen-bond donors (Lipinski definition) is 1. The molecule has 0 saturated carbocycles. The zero-order chi connectivity index (χ0) is 35.4. The van der Waals surface area contributed by atoms with Gasteiger partial charge in [0.05, 0.1) is 19.6 Å². The molecule has 0 aromatic carbocycles. The average molecular weight is 738 g/mol. The number of allylic oxidation sites excluding steroid dienone is 4. The summed E-state index contributed by atoms with van der Waals surface area (Å²) < 4.78 is 43.3. The number of carbonyl (C=O) groups is 2. The van der Waals surface area contributed by atoms with Crippen LogP contribution in [0.2, 0.25) is 0 Å². The smallest absolute Gasteiger partial charge is 0.327 e. The SMILES string of the molecule is CCCCCCCC/C=C\CCCCCCCCOC(=O)CC(C(=O)OCCCCCCCC/C=C\CCCCCCCC)S(=O)(=O)O.[K]. The fourth-order valence-electron chi connectivity index (χ4n) is 5.67. The molecule has 1 unspecified atom stereocenters. The van der Waals surface area contributed by atoms with Crippen LogP contribution in [0.1, 0.15) is 200 Å². The number of carbonyl (C=O) groups excluding carboxylic acids is 2. The Kier molecular flexibility index (Phi) is 40.8. The van der Waals surface area contributed by atoms with Crippen LogP contribution >= 0.6 is 0 Å². The Morgan fingerprint density at radius 3 is 1.16 bits per heavy atom. The Labute approximate surface area is 345 Å². The van der Waals surface area contributed by atoms with Gasteiger partial charge in [0.2, 0.25) is 0 Å². The summed E-state index contributed by atoms with van der Waals surface area (Å²) in [5.41, 5.74) is 0. The van der Waals surface area contributed by atoms with Crippen molar-refractivity contribution in [1.29, 1.82) is 0 Å². The van der Waals surface area contributed by atoms with Crippen molar-refractivity contribution in [3.8, 4) is 0 Å². The van der Waals surface area contributed by atoms with Crippen LogP contribution in [0.15, 0.2) is 24.3 Å². The van der Waals surface area contributed by atoms with Gasteiger partial charge >= 0.3 is 11.9 Å². The van der Waals surface area contributed by atoms with Gasteiger partial charge in [0.15, 0.2) is 5.25 Å². The first-order chi connectivity index (χ1) is 23.3. The summed E-state index contributed by atoms with van der Waals surface area (Å²) in [5, 5.41) is -1.95. The standard InChI is InChI=1S/C40H74O7S.K/c1-3-5-7-9-11-13-15-17-19-21-23-25-27-29-31-33-35-46-39(41)37-38(48(43,44)45)40(42)47-36-34-32-30-28-26-24-22-20-18-16-14-12-10-8-6-4-2;/h17-20,38H,3-16,21-37H2,1-2H3,(H,43,44,45);/b19-17-,20-18-;. The topological polar surface area (TPSA) is 107 Å². The van der Waals surface area contributed by atoms with E-state index < -0.39 is 33.7 Å². The zero-order valence-corrected chi connectivity index (χ0v) is 36.1. The molecule has 7 nitrogen and oxygen atoms in total. The fourth-order valence-corrected chi connectivity index (χ4v) is 6.33. The molecule has 49 heavy (non-hydrogen) atoms. The summed E-state index contributed by atoms with van der Waals surface area (Å²) in [6.07, 6.45) is 41.2. The first-order valence-electron chi connectivity index (χ1n) is 19.9. The second-order valence-corrected chi connectivity index (χ2v) is 15.1. The molecule has 1 radical (unpaired) electrons. The Hall–Kier alpha value is -0.0336. The molecule has 0 heterocycles. The second kappa shape index (κ2) is 39.2. The molecule has 0 saturated heterocycles. The van der Waals surface area contributed by atoms with Crippen molar-refractivity contribution < 1.29 is 32.0 Å². The van der Waals surface area contributed by atoms with E-state index in [1.807, 2.05) is 0 Å². The monoisotopic (exact) mass is 737 g/mol. The van der Waals surface area contributed by atoms with Crippen molar-refractivity contribution in [2.45, 2.75) is 205 Å². The van der Waals surface area contributed by atoms with E-state index in [2.05, 4.69) is 38.2 Å². The molecule has 0 fully saturated rings. The molecule has 0 aliphatic rings. The van der Waals surface area contributed by atoms with Crippen molar-refractivity contribution in [2.75, 3.05) is 13.2 Å². The molecular formula is C40H74KO7S. The molecule has 0 aromatic heterocycles. The van der Waals surface area contributed by atoms with Crippen LogP contribution in [-0.4, -0.2) is 94.8 Å². The third kappa shape index (κ3) is 37.5. The molecule has 0 rings (SSSR count). The molecule has 0 aliphatic carbocycles. The van der Waals surface area contributed by atoms with Gasteiger partial charge in [0, 0.05) is 51.4 Å². The van der Waals surface area contributed by atoms with E-state index in [-0.39, 0.29) is 64.6 Å². The van der Waals surface area contributed by atoms with E-state index in [0.717, 1.165) is 57.8 Å². The minimum Gasteiger partial charge on any atom is -0.466 e. The number of unbranched alkanes of at least 4 members (excludes halogenated alkanes) is 24. The summed E-state index contributed by atoms with van der Waals surface area (Å²) >= 11 is 0. The van der Waals surface area contributed by atoms with Gasteiger partial charge in [-0.05, 0) is 64.2 Å². The van der Waals surface area contributed by atoms with Gasteiger partial charge in [-0.3, -0.25) is 14.1 Å². The van der Waals surface area contributed by atoms with Crippen molar-refractivity contribution in [1.82, 2.24) is 0 Å². The predicted molar refractivity (Wildman–Crippen MR) is 207 cm³/mol. The molecule has 1 atom stereocenters. The number of esters is 2. The molecule has 283 valence electrons. The van der Waals surface area contributed by atoms with Gasteiger partial charge in [-0.2, -0.15) is 8.42 Å². The van der Waals surface area contributed by atoms with E-state index in [9.17, 15) is 22.6 Å². The fraction of sp³-hybridized carbons (Fsp3) is 0.850. The molecule has 0 aliphatic heterocycles. The summed E-state index contributed by atoms with van der Waals surface area (Å²) in [4.78, 5) is 24.5. The molecule has 9 heteroatoms. The minimum atomic E-state index is -4.78. The first kappa shape index (κ1) is 51.1. The summed E-state index contributed by atoms with van der Waals surface area (Å²) in [5.74, 6) is -1.92. The third-order valence-corrected chi connectivity index (χ3v) is 9.87. The van der Waals surface area contributed by atoms with Crippen molar-refractivity contribution in [3.63, 3.8) is 0 Å². The summed E-state index contributed by atoms with van der Waals surface area (Å²) in [6.45, 7) is 4.73. The predicted octanol–water partition coefficient (Wildman–Crippen LogP) is 11.4. The number of ether oxygens (including phenoxy) is 2. The van der Waals surface area contributed by atoms with Gasteiger partial charge in [-0.15, -0.1) is 0 Å². The van der Waals surface area contributed by atoms with Crippen LogP contribution in [-0.2, 0) is 29.2 Å². The summed E-state index contributed by atoms with van der Waals surface area (Å²) in [7, 11) is -4.78. The second-order valence-electron chi connectivity index (χ2n) is 13.5. The van der Waals surface area contributed by atoms with E-state index in [0.29, 0.717) is 12.8 Å². The van der Waals surface area contributed by atoms with Gasteiger partial charge in [-0.1, -0.05) is 154 Å². The number of rotatable bonds is 36. The average Bonchev–Trinajstić information content (AvgIpc) is 3.05. The van der Waals surface area contributed by atoms with Crippen LogP contribution < -0.4 is 0 Å². The number of hydrogen-bond acceptors (Lipinski definition) is 6. The summed E-state index contributed by atoms with van der Waals surface area (Å²) in [6, 6.07) is 0. The van der Waals surface area contributed by atoms with Crippen molar-refractivity contribution >= 4 is 73.4 Å². The van der Waals surface area contributed by atoms with E-state index in [1.54, 1.807) is 0 Å². The zero-order valence-electron chi connectivity index (χ0n) is 32.1. The maximum Gasteiger partial charge on any atom is 0.327 e.